The average molecular weight is 618 g/mol. The van der Waals surface area contributed by atoms with Crippen molar-refractivity contribution in [1.29, 1.82) is 0 Å². The highest BCUT2D eigenvalue weighted by Gasteiger charge is 2.25. The number of carboxylic acid groups (broad SMARTS) is 1. The van der Waals surface area contributed by atoms with E-state index < -0.39 is 34.7 Å². The van der Waals surface area contributed by atoms with Crippen molar-refractivity contribution >= 4 is 34.4 Å². The van der Waals surface area contributed by atoms with Gasteiger partial charge in [0.25, 0.3) is 5.91 Å². The van der Waals surface area contributed by atoms with Gasteiger partial charge in [0.1, 0.15) is 11.3 Å². The number of ether oxygens (including phenoxy) is 2. The monoisotopic (exact) mass is 617 g/mol. The van der Waals surface area contributed by atoms with Gasteiger partial charge in [0, 0.05) is 53.2 Å². The van der Waals surface area contributed by atoms with E-state index in [1.807, 2.05) is 0 Å². The molecule has 9 nitrogen and oxygen atoms in total. The second-order valence-electron chi connectivity index (χ2n) is 9.70. The van der Waals surface area contributed by atoms with Gasteiger partial charge in [0.2, 0.25) is 5.43 Å². The molecule has 0 aromatic heterocycles. The van der Waals surface area contributed by atoms with Crippen molar-refractivity contribution in [3.63, 3.8) is 0 Å². The van der Waals surface area contributed by atoms with Gasteiger partial charge in [-0.05, 0) is 48.7 Å². The van der Waals surface area contributed by atoms with Crippen LogP contribution in [0.3, 0.4) is 0 Å². The van der Waals surface area contributed by atoms with Gasteiger partial charge < -0.3 is 29.4 Å². The number of hydrogen-bond donors (Lipinski definition) is 3. The standard InChI is InChI=1S/C31H30ClF2NO8/c32-7-3-1-2-4-9-41-11-12-42-10-8-35-30(38)18-5-6-19(31(39)40)20(13-18)29-21-14-23(33)25(36)16-27(21)43-28-17-26(37)24(34)15-22(28)29/h5-6,13-17,36H,1-4,7-12H2,(H,35,38)(H,39,40). The predicted octanol–water partition coefficient (Wildman–Crippen LogP) is 5.81. The Morgan fingerprint density at radius 2 is 1.63 bits per heavy atom. The summed E-state index contributed by atoms with van der Waals surface area (Å²) >= 11 is 5.65. The number of carbonyl (C=O) groups excluding carboxylic acids is 1. The minimum Gasteiger partial charge on any atom is -0.505 e. The number of rotatable bonds is 15. The fourth-order valence-electron chi connectivity index (χ4n) is 4.58. The Balaban J connectivity index is 1.53. The summed E-state index contributed by atoms with van der Waals surface area (Å²) in [4.78, 5) is 37.2. The Morgan fingerprint density at radius 1 is 0.884 bits per heavy atom. The molecule has 0 spiro atoms. The zero-order valence-corrected chi connectivity index (χ0v) is 23.8. The lowest BCUT2D eigenvalue weighted by Crippen LogP contribution is -2.27. The molecule has 43 heavy (non-hydrogen) atoms. The molecule has 1 aliphatic heterocycles. The van der Waals surface area contributed by atoms with Crippen LogP contribution in [0, 0.1) is 11.6 Å². The summed E-state index contributed by atoms with van der Waals surface area (Å²) in [5.41, 5.74) is -1.35. The highest BCUT2D eigenvalue weighted by molar-refractivity contribution is 6.17. The van der Waals surface area contributed by atoms with Crippen molar-refractivity contribution in [2.45, 2.75) is 25.7 Å². The number of unbranched alkanes of at least 4 members (excludes halogenated alkanes) is 3. The summed E-state index contributed by atoms with van der Waals surface area (Å²) in [6, 6.07) is 7.40. The first-order valence-electron chi connectivity index (χ1n) is 13.7. The van der Waals surface area contributed by atoms with E-state index >= 15 is 0 Å². The molecule has 1 amide bonds. The Kier molecular flexibility index (Phi) is 11.0. The number of aromatic carboxylic acids is 1. The fourth-order valence-corrected chi connectivity index (χ4v) is 4.77. The molecular formula is C31H30ClF2NO8. The van der Waals surface area contributed by atoms with Gasteiger partial charge in [0.15, 0.2) is 17.4 Å². The number of amides is 1. The Labute approximate surface area is 250 Å². The van der Waals surface area contributed by atoms with E-state index in [1.54, 1.807) is 0 Å². The number of benzene rings is 3. The average Bonchev–Trinajstić information content (AvgIpc) is 2.98. The summed E-state index contributed by atoms with van der Waals surface area (Å²) in [6.07, 6.45) is 4.07. The number of phenolic OH excluding ortho intramolecular Hbond substituents is 1. The third-order valence-corrected chi connectivity index (χ3v) is 6.97. The van der Waals surface area contributed by atoms with Crippen LogP contribution >= 0.6 is 11.6 Å². The number of carboxylic acids is 1. The number of hydrogen-bond acceptors (Lipinski definition) is 7. The maximum absolute atomic E-state index is 14.5. The van der Waals surface area contributed by atoms with E-state index in [4.69, 9.17) is 25.5 Å². The lowest BCUT2D eigenvalue weighted by molar-refractivity contribution is 0.0468. The molecule has 228 valence electrons. The molecule has 2 aromatic rings. The van der Waals surface area contributed by atoms with Crippen LogP contribution < -0.4 is 10.7 Å². The molecule has 1 heterocycles. The first-order valence-corrected chi connectivity index (χ1v) is 14.2. The van der Waals surface area contributed by atoms with E-state index in [0.29, 0.717) is 25.7 Å². The second kappa shape index (κ2) is 14.9. The van der Waals surface area contributed by atoms with E-state index in [-0.39, 0.29) is 57.7 Å². The fraction of sp³-hybridized carbons (Fsp3) is 0.323. The van der Waals surface area contributed by atoms with Gasteiger partial charge >= 0.3 is 5.97 Å². The van der Waals surface area contributed by atoms with Crippen LogP contribution in [0.15, 0.2) is 51.7 Å². The second-order valence-corrected chi connectivity index (χ2v) is 10.1. The molecule has 3 N–H and O–H groups in total. The van der Waals surface area contributed by atoms with Gasteiger partial charge in [0.05, 0.1) is 25.4 Å². The third kappa shape index (κ3) is 7.86. The minimum atomic E-state index is -1.37. The van der Waals surface area contributed by atoms with Crippen molar-refractivity contribution in [3.05, 3.63) is 75.4 Å². The van der Waals surface area contributed by atoms with Gasteiger partial charge in [-0.25, -0.2) is 13.6 Å². The number of phenols is 1. The van der Waals surface area contributed by atoms with Crippen LogP contribution in [-0.2, 0) is 9.47 Å². The van der Waals surface area contributed by atoms with E-state index in [2.05, 4.69) is 5.32 Å². The molecule has 0 radical (unpaired) electrons. The number of aromatic hydroxyl groups is 1. The van der Waals surface area contributed by atoms with Gasteiger partial charge in [-0.1, -0.05) is 12.8 Å². The third-order valence-electron chi connectivity index (χ3n) is 6.70. The van der Waals surface area contributed by atoms with Crippen LogP contribution in [0.1, 0.15) is 46.4 Å². The first-order chi connectivity index (χ1) is 20.7. The van der Waals surface area contributed by atoms with Crippen LogP contribution in [0.2, 0.25) is 0 Å². The van der Waals surface area contributed by atoms with Crippen molar-refractivity contribution in [2.75, 3.05) is 38.9 Å². The van der Waals surface area contributed by atoms with Gasteiger partial charge in [-0.15, -0.1) is 11.6 Å². The highest BCUT2D eigenvalue weighted by atomic mass is 35.5. The van der Waals surface area contributed by atoms with Gasteiger partial charge in [-0.2, -0.15) is 0 Å². The summed E-state index contributed by atoms with van der Waals surface area (Å²) < 4.78 is 45.5. The van der Waals surface area contributed by atoms with E-state index in [9.17, 15) is 33.4 Å². The maximum Gasteiger partial charge on any atom is 0.336 e. The maximum atomic E-state index is 14.5. The zero-order valence-electron chi connectivity index (χ0n) is 23.1. The normalized spacial score (nSPS) is 11.3. The molecule has 4 rings (SSSR count). The molecule has 0 saturated carbocycles. The number of carbonyl (C=O) groups is 2. The smallest absolute Gasteiger partial charge is 0.336 e. The van der Waals surface area contributed by atoms with E-state index in [0.717, 1.165) is 49.9 Å². The van der Waals surface area contributed by atoms with Crippen molar-refractivity contribution in [2.24, 2.45) is 0 Å². The van der Waals surface area contributed by atoms with Crippen molar-refractivity contribution in [1.82, 2.24) is 5.32 Å². The molecule has 2 aliphatic rings. The Morgan fingerprint density at radius 3 is 2.37 bits per heavy atom. The van der Waals surface area contributed by atoms with Crippen molar-refractivity contribution < 1.29 is 42.5 Å². The van der Waals surface area contributed by atoms with Crippen LogP contribution in [0.5, 0.6) is 5.75 Å². The number of alkyl halides is 1. The summed E-state index contributed by atoms with van der Waals surface area (Å²) in [6.45, 7) is 1.77. The first kappa shape index (κ1) is 31.9. The summed E-state index contributed by atoms with van der Waals surface area (Å²) in [5, 5.41) is 22.5. The number of halogens is 3. The Hall–Kier alpha value is -4.06. The zero-order chi connectivity index (χ0) is 30.9. The molecular weight excluding hydrogens is 588 g/mol. The van der Waals surface area contributed by atoms with E-state index in [1.165, 1.54) is 18.2 Å². The quantitative estimate of drug-likeness (QED) is 0.0864. The lowest BCUT2D eigenvalue weighted by Gasteiger charge is -2.18. The van der Waals surface area contributed by atoms with Crippen LogP contribution in [-0.4, -0.2) is 60.9 Å². The van der Waals surface area contributed by atoms with Gasteiger partial charge in [-0.3, -0.25) is 9.59 Å². The largest absolute Gasteiger partial charge is 0.505 e. The Bertz CT molecular complexity index is 1640. The molecule has 2 aromatic carbocycles. The highest BCUT2D eigenvalue weighted by Crippen LogP contribution is 2.43. The molecule has 12 heteroatoms. The molecule has 0 atom stereocenters. The summed E-state index contributed by atoms with van der Waals surface area (Å²) in [5.74, 6) is -4.29. The number of fused-ring (bicyclic) bond motifs is 2. The predicted molar refractivity (Wildman–Crippen MR) is 156 cm³/mol. The molecule has 0 unspecified atom stereocenters. The van der Waals surface area contributed by atoms with Crippen molar-refractivity contribution in [3.8, 4) is 28.2 Å². The summed E-state index contributed by atoms with van der Waals surface area (Å²) in [7, 11) is 0. The molecule has 0 bridgehead atoms. The van der Waals surface area contributed by atoms with Crippen LogP contribution in [0.25, 0.3) is 33.4 Å². The molecule has 0 saturated heterocycles. The van der Waals surface area contributed by atoms with Crippen LogP contribution in [0.4, 0.5) is 8.78 Å². The topological polar surface area (TPSA) is 135 Å². The lowest BCUT2D eigenvalue weighted by atomic mass is 9.89. The number of nitrogens with one attached hydrogen (secondary N) is 1. The molecule has 0 fully saturated rings. The minimum absolute atomic E-state index is 0.00322. The SMILES string of the molecule is O=C(NCCOCCOCCCCCCCl)c1ccc(C(=O)O)c(-c2c3cc(F)c(=O)cc-3oc3cc(O)c(F)cc23)c1. The molecule has 1 aliphatic carbocycles.